The molecule has 0 aromatic heterocycles. The van der Waals surface area contributed by atoms with Gasteiger partial charge in [-0.25, -0.2) is 8.42 Å². The van der Waals surface area contributed by atoms with Crippen LogP contribution in [0.3, 0.4) is 0 Å². The summed E-state index contributed by atoms with van der Waals surface area (Å²) in [6.07, 6.45) is 0.766. The van der Waals surface area contributed by atoms with E-state index in [2.05, 4.69) is 4.72 Å². The molecule has 0 bridgehead atoms. The topological polar surface area (TPSA) is 84.9 Å². The summed E-state index contributed by atoms with van der Waals surface area (Å²) in [6.45, 7) is 8.18. The van der Waals surface area contributed by atoms with Gasteiger partial charge < -0.3 is 14.4 Å². The van der Waals surface area contributed by atoms with E-state index in [1.54, 1.807) is 42.2 Å². The molecule has 0 atom stereocenters. The number of amides is 1. The third-order valence-electron chi connectivity index (χ3n) is 5.03. The Morgan fingerprint density at radius 3 is 2.57 bits per heavy atom. The lowest BCUT2D eigenvalue weighted by molar-refractivity contribution is -0.127. The Labute approximate surface area is 178 Å². The summed E-state index contributed by atoms with van der Waals surface area (Å²) in [4.78, 5) is 14.9. The highest BCUT2D eigenvalue weighted by atomic mass is 32.2. The zero-order valence-electron chi connectivity index (χ0n) is 18.0. The number of anilines is 2. The maximum Gasteiger partial charge on any atom is 0.262 e. The quantitative estimate of drug-likeness (QED) is 0.747. The van der Waals surface area contributed by atoms with Crippen LogP contribution in [-0.4, -0.2) is 34.6 Å². The Kier molecular flexibility index (Phi) is 5.99. The number of carbonyl (C=O) groups excluding carboxylic acids is 1. The summed E-state index contributed by atoms with van der Waals surface area (Å²) in [6, 6.07) is 9.78. The van der Waals surface area contributed by atoms with E-state index in [0.717, 1.165) is 6.42 Å². The van der Waals surface area contributed by atoms with E-state index in [-0.39, 0.29) is 17.4 Å². The second kappa shape index (κ2) is 8.18. The summed E-state index contributed by atoms with van der Waals surface area (Å²) in [5.74, 6) is 1.10. The zero-order chi connectivity index (χ0) is 22.1. The minimum Gasteiger partial charge on any atom is -0.497 e. The average molecular weight is 433 g/mol. The Morgan fingerprint density at radius 1 is 1.20 bits per heavy atom. The van der Waals surface area contributed by atoms with Crippen molar-refractivity contribution in [3.63, 3.8) is 0 Å². The maximum atomic E-state index is 13.0. The normalized spacial score (nSPS) is 15.8. The van der Waals surface area contributed by atoms with Crippen LogP contribution in [-0.2, 0) is 14.8 Å². The predicted molar refractivity (Wildman–Crippen MR) is 117 cm³/mol. The maximum absolute atomic E-state index is 13.0. The van der Waals surface area contributed by atoms with Gasteiger partial charge in [0, 0.05) is 6.54 Å². The van der Waals surface area contributed by atoms with Gasteiger partial charge in [0.25, 0.3) is 10.0 Å². The van der Waals surface area contributed by atoms with Crippen LogP contribution in [0.2, 0.25) is 0 Å². The van der Waals surface area contributed by atoms with Gasteiger partial charge in [0.1, 0.15) is 18.1 Å². The lowest BCUT2D eigenvalue weighted by atomic mass is 9.93. The molecule has 0 aliphatic carbocycles. The van der Waals surface area contributed by atoms with E-state index in [1.807, 2.05) is 20.8 Å². The van der Waals surface area contributed by atoms with Crippen molar-refractivity contribution in [3.05, 3.63) is 42.0 Å². The van der Waals surface area contributed by atoms with Crippen LogP contribution < -0.4 is 19.1 Å². The third kappa shape index (κ3) is 4.23. The van der Waals surface area contributed by atoms with Crippen molar-refractivity contribution in [1.82, 2.24) is 0 Å². The number of sulfonamides is 1. The SMILES string of the molecule is CCCN1C(=O)C(C)(C)COc2ccc(NS(=O)(=O)c3ccc(OC)cc3C)cc21. The summed E-state index contributed by atoms with van der Waals surface area (Å²) >= 11 is 0. The molecular formula is C22H28N2O5S. The van der Waals surface area contributed by atoms with Crippen molar-refractivity contribution in [1.29, 1.82) is 0 Å². The van der Waals surface area contributed by atoms with Crippen molar-refractivity contribution >= 4 is 27.3 Å². The Balaban J connectivity index is 1.98. The number of nitrogens with zero attached hydrogens (tertiary/aromatic N) is 1. The molecule has 1 aliphatic rings. The van der Waals surface area contributed by atoms with E-state index in [9.17, 15) is 13.2 Å². The van der Waals surface area contributed by atoms with E-state index < -0.39 is 15.4 Å². The molecule has 1 aliphatic heterocycles. The first-order valence-corrected chi connectivity index (χ1v) is 11.3. The summed E-state index contributed by atoms with van der Waals surface area (Å²) in [5, 5.41) is 0. The molecule has 30 heavy (non-hydrogen) atoms. The van der Waals surface area contributed by atoms with Gasteiger partial charge in [-0.2, -0.15) is 0 Å². The number of rotatable bonds is 6. The lowest BCUT2D eigenvalue weighted by Crippen LogP contribution is -2.42. The van der Waals surface area contributed by atoms with E-state index in [1.165, 1.54) is 13.2 Å². The minimum atomic E-state index is -3.82. The van der Waals surface area contributed by atoms with Crippen molar-refractivity contribution in [2.24, 2.45) is 5.41 Å². The number of fused-ring (bicyclic) bond motifs is 1. The second-order valence-corrected chi connectivity index (χ2v) is 9.70. The van der Waals surface area contributed by atoms with Gasteiger partial charge in [-0.15, -0.1) is 0 Å². The van der Waals surface area contributed by atoms with Crippen LogP contribution in [0, 0.1) is 12.3 Å². The van der Waals surface area contributed by atoms with Gasteiger partial charge >= 0.3 is 0 Å². The van der Waals surface area contributed by atoms with Gasteiger partial charge in [-0.3, -0.25) is 9.52 Å². The molecule has 3 rings (SSSR count). The molecule has 1 heterocycles. The monoisotopic (exact) mass is 432 g/mol. The lowest BCUT2D eigenvalue weighted by Gasteiger charge is -2.28. The largest absolute Gasteiger partial charge is 0.497 e. The number of aryl methyl sites for hydroxylation is 1. The molecule has 1 N–H and O–H groups in total. The van der Waals surface area contributed by atoms with Gasteiger partial charge in [0.2, 0.25) is 5.91 Å². The molecule has 1 amide bonds. The molecule has 0 radical (unpaired) electrons. The first kappa shape index (κ1) is 22.0. The first-order chi connectivity index (χ1) is 14.1. The summed E-state index contributed by atoms with van der Waals surface area (Å²) < 4.78 is 39.6. The van der Waals surface area contributed by atoms with Crippen molar-refractivity contribution in [2.75, 3.05) is 29.9 Å². The highest BCUT2D eigenvalue weighted by Gasteiger charge is 2.37. The fourth-order valence-corrected chi connectivity index (χ4v) is 4.69. The third-order valence-corrected chi connectivity index (χ3v) is 6.57. The molecule has 0 fully saturated rings. The first-order valence-electron chi connectivity index (χ1n) is 9.85. The van der Waals surface area contributed by atoms with E-state index >= 15 is 0 Å². The van der Waals surface area contributed by atoms with Gasteiger partial charge in [-0.05, 0) is 69.2 Å². The number of methoxy groups -OCH3 is 1. The number of benzene rings is 2. The summed E-state index contributed by atoms with van der Waals surface area (Å²) in [7, 11) is -2.29. The van der Waals surface area contributed by atoms with Crippen molar-refractivity contribution in [3.8, 4) is 11.5 Å². The number of hydrogen-bond donors (Lipinski definition) is 1. The molecule has 7 nitrogen and oxygen atoms in total. The van der Waals surface area contributed by atoms with Crippen LogP contribution in [0.4, 0.5) is 11.4 Å². The zero-order valence-corrected chi connectivity index (χ0v) is 18.8. The molecule has 162 valence electrons. The average Bonchev–Trinajstić information content (AvgIpc) is 2.78. The van der Waals surface area contributed by atoms with Gasteiger partial charge in [-0.1, -0.05) is 6.92 Å². The molecule has 0 saturated carbocycles. The second-order valence-electron chi connectivity index (χ2n) is 8.05. The van der Waals surface area contributed by atoms with E-state index in [0.29, 0.717) is 35.0 Å². The number of ether oxygens (including phenoxy) is 2. The van der Waals surface area contributed by atoms with E-state index in [4.69, 9.17) is 9.47 Å². The molecule has 0 unspecified atom stereocenters. The number of hydrogen-bond acceptors (Lipinski definition) is 5. The van der Waals surface area contributed by atoms with Crippen LogP contribution in [0.5, 0.6) is 11.5 Å². The van der Waals surface area contributed by atoms with Crippen LogP contribution in [0.25, 0.3) is 0 Å². The highest BCUT2D eigenvalue weighted by molar-refractivity contribution is 7.92. The Bertz CT molecular complexity index is 1060. The molecule has 2 aromatic rings. The molecule has 0 spiro atoms. The smallest absolute Gasteiger partial charge is 0.262 e. The number of carbonyl (C=O) groups is 1. The summed E-state index contributed by atoms with van der Waals surface area (Å²) in [5.41, 5.74) is 0.832. The number of nitrogens with one attached hydrogen (secondary N) is 1. The van der Waals surface area contributed by atoms with Gasteiger partial charge in [0.15, 0.2) is 0 Å². The van der Waals surface area contributed by atoms with Crippen molar-refractivity contribution in [2.45, 2.75) is 39.0 Å². The van der Waals surface area contributed by atoms with Crippen LogP contribution >= 0.6 is 0 Å². The van der Waals surface area contributed by atoms with Crippen LogP contribution in [0.1, 0.15) is 32.8 Å². The molecule has 8 heteroatoms. The predicted octanol–water partition coefficient (Wildman–Crippen LogP) is 3.97. The Morgan fingerprint density at radius 2 is 1.93 bits per heavy atom. The Hall–Kier alpha value is -2.74. The van der Waals surface area contributed by atoms with Gasteiger partial charge in [0.05, 0.1) is 28.8 Å². The van der Waals surface area contributed by atoms with Crippen molar-refractivity contribution < 1.29 is 22.7 Å². The molecule has 0 saturated heterocycles. The highest BCUT2D eigenvalue weighted by Crippen LogP contribution is 2.38. The molecule has 2 aromatic carbocycles. The minimum absolute atomic E-state index is 0.0471. The molecular weight excluding hydrogens is 404 g/mol. The standard InChI is InChI=1S/C22H28N2O5S/c1-6-11-24-18-13-16(7-9-19(18)29-14-22(3,4)21(24)25)23-30(26,27)20-10-8-17(28-5)12-15(20)2/h7-10,12-13,23H,6,11,14H2,1-5H3. The van der Waals surface area contributed by atoms with Crippen LogP contribution in [0.15, 0.2) is 41.3 Å². The fourth-order valence-electron chi connectivity index (χ4n) is 3.41. The fraction of sp³-hybridized carbons (Fsp3) is 0.409.